The van der Waals surface area contributed by atoms with Gasteiger partial charge in [0.25, 0.3) is 0 Å². The number of rotatable bonds is 4. The Morgan fingerprint density at radius 1 is 0.698 bits per heavy atom. The summed E-state index contributed by atoms with van der Waals surface area (Å²) in [6, 6.07) is 17.1. The van der Waals surface area contributed by atoms with Crippen LogP contribution in [0.25, 0.3) is 22.8 Å². The second-order valence-electron chi connectivity index (χ2n) is 6.89. The zero-order valence-corrected chi connectivity index (χ0v) is 26.5. The summed E-state index contributed by atoms with van der Waals surface area (Å²) in [5.41, 5.74) is 2.75. The fraction of sp³-hybridized carbons (Fsp3) is 0.200. The summed E-state index contributed by atoms with van der Waals surface area (Å²) in [5.74, 6) is -0.966. The molecule has 0 aliphatic rings. The standard InChI is InChI=1S/C19H15N3O4.3C2H3N.F6P.Os/c1-25-18(23)12-6-7-15(21-11-12)17-10-13(19(24)26-2)9-16(22-17)14-5-3-4-8-20-14;3*1-2-3;1-7(2,3,4,5)6;/h3-11H,1-2H3;3*1H3;;/q;;;;-1;+4. The van der Waals surface area contributed by atoms with Crippen LogP contribution in [0.2, 0.25) is 0 Å². The first-order chi connectivity index (χ1) is 19.3. The van der Waals surface area contributed by atoms with Gasteiger partial charge in [0.1, 0.15) is 0 Å². The number of pyridine rings is 3. The molecule has 3 aromatic heterocycles. The van der Waals surface area contributed by atoms with Crippen molar-refractivity contribution in [3.8, 4) is 41.0 Å². The number of hydrogen-bond acceptors (Lipinski definition) is 10. The molecule has 0 bridgehead atoms. The summed E-state index contributed by atoms with van der Waals surface area (Å²) < 4.78 is 68.7. The van der Waals surface area contributed by atoms with E-state index in [2.05, 4.69) is 19.7 Å². The topological polar surface area (TPSA) is 163 Å². The molecule has 43 heavy (non-hydrogen) atoms. The van der Waals surface area contributed by atoms with Crippen molar-refractivity contribution in [1.82, 2.24) is 15.0 Å². The quantitative estimate of drug-likeness (QED) is 0.145. The molecule has 3 aromatic rings. The molecule has 0 spiro atoms. The van der Waals surface area contributed by atoms with Crippen molar-refractivity contribution in [3.05, 3.63) is 66.0 Å². The van der Waals surface area contributed by atoms with Crippen molar-refractivity contribution >= 4 is 19.7 Å². The van der Waals surface area contributed by atoms with Crippen LogP contribution >= 0.6 is 7.81 Å². The van der Waals surface area contributed by atoms with Gasteiger partial charge in [0.05, 0.1) is 66.3 Å². The van der Waals surface area contributed by atoms with E-state index in [1.165, 1.54) is 41.2 Å². The fourth-order valence-electron chi connectivity index (χ4n) is 2.33. The Labute approximate surface area is 256 Å². The first-order valence-electron chi connectivity index (χ1n) is 10.9. The van der Waals surface area contributed by atoms with Gasteiger partial charge in [0, 0.05) is 33.2 Å². The van der Waals surface area contributed by atoms with Gasteiger partial charge in [-0.3, -0.25) is 9.97 Å². The minimum Gasteiger partial charge on any atom is 4.00 e. The first kappa shape index (κ1) is 43.0. The molecule has 3 rings (SSSR count). The Balaban J connectivity index is -0.000000785. The predicted molar refractivity (Wildman–Crippen MR) is 141 cm³/mol. The van der Waals surface area contributed by atoms with E-state index >= 15 is 0 Å². The van der Waals surface area contributed by atoms with Crippen molar-refractivity contribution in [2.24, 2.45) is 0 Å². The second-order valence-corrected chi connectivity index (χ2v) is 8.80. The Morgan fingerprint density at radius 2 is 1.09 bits per heavy atom. The van der Waals surface area contributed by atoms with Gasteiger partial charge in [-0.15, -0.1) is 0 Å². The summed E-state index contributed by atoms with van der Waals surface area (Å²) in [6.07, 6.45) is 3.04. The van der Waals surface area contributed by atoms with E-state index < -0.39 is 19.7 Å². The molecule has 0 radical (unpaired) electrons. The van der Waals surface area contributed by atoms with Gasteiger partial charge >= 0.3 is 64.7 Å². The molecular formula is C25H24F6N6O4OsP+3. The monoisotopic (exact) mass is 809 g/mol. The van der Waals surface area contributed by atoms with Crippen LogP contribution in [0.3, 0.4) is 0 Å². The van der Waals surface area contributed by atoms with E-state index in [1.807, 2.05) is 6.07 Å². The van der Waals surface area contributed by atoms with Crippen LogP contribution in [0.5, 0.6) is 0 Å². The third-order valence-electron chi connectivity index (χ3n) is 3.62. The maximum absolute atomic E-state index is 12.0. The van der Waals surface area contributed by atoms with E-state index in [0.29, 0.717) is 33.9 Å². The van der Waals surface area contributed by atoms with Gasteiger partial charge in [0.15, 0.2) is 0 Å². The Bertz CT molecular complexity index is 1400. The van der Waals surface area contributed by atoms with Crippen molar-refractivity contribution in [1.29, 1.82) is 15.8 Å². The van der Waals surface area contributed by atoms with Gasteiger partial charge < -0.3 is 9.47 Å². The molecule has 0 saturated heterocycles. The molecule has 0 aliphatic carbocycles. The number of aromatic nitrogens is 3. The first-order valence-corrected chi connectivity index (χ1v) is 12.9. The average molecular weight is 808 g/mol. The molecule has 0 aliphatic heterocycles. The summed E-state index contributed by atoms with van der Waals surface area (Å²) in [4.78, 5) is 36.6. The molecule has 0 atom stereocenters. The average Bonchev–Trinajstić information content (AvgIpc) is 2.92. The zero-order chi connectivity index (χ0) is 33.0. The van der Waals surface area contributed by atoms with Crippen molar-refractivity contribution < 1.29 is 64.0 Å². The third kappa shape index (κ3) is 22.8. The van der Waals surface area contributed by atoms with Gasteiger partial charge in [0.2, 0.25) is 0 Å². The molecular weight excluding hydrogens is 784 g/mol. The number of ether oxygens (including phenoxy) is 2. The summed E-state index contributed by atoms with van der Waals surface area (Å²) in [7, 11) is -8.04. The molecule has 0 fully saturated rings. The van der Waals surface area contributed by atoms with Gasteiger partial charge in [-0.05, 0) is 36.4 Å². The SMILES string of the molecule is CC#N.CC#N.CC#N.COC(=O)c1ccc(-c2cc(C(=O)OC)cc(-c3ccccn3)n2)nc1.F[P-](F)(F)(F)(F)F.[Os+4]. The summed E-state index contributed by atoms with van der Waals surface area (Å²) in [6.45, 7) is 4.29. The van der Waals surface area contributed by atoms with Crippen LogP contribution in [0.15, 0.2) is 54.9 Å². The third-order valence-corrected chi connectivity index (χ3v) is 3.62. The minimum absolute atomic E-state index is 0. The van der Waals surface area contributed by atoms with E-state index in [9.17, 15) is 34.8 Å². The fourth-order valence-corrected chi connectivity index (χ4v) is 2.33. The molecule has 3 heterocycles. The van der Waals surface area contributed by atoms with Gasteiger partial charge in [-0.25, -0.2) is 14.6 Å². The smallest absolute Gasteiger partial charge is 4.00 e. The van der Waals surface area contributed by atoms with Crippen LogP contribution in [0.4, 0.5) is 25.2 Å². The van der Waals surface area contributed by atoms with Crippen molar-refractivity contribution in [2.45, 2.75) is 20.8 Å². The van der Waals surface area contributed by atoms with E-state index in [1.54, 1.807) is 60.8 Å². The normalized spacial score (nSPS) is 10.5. The minimum atomic E-state index is -10.7. The molecule has 10 nitrogen and oxygen atoms in total. The second kappa shape index (κ2) is 18.8. The number of nitriles is 3. The molecule has 230 valence electrons. The largest absolute Gasteiger partial charge is 4.00 e. The van der Waals surface area contributed by atoms with Gasteiger partial charge in [-0.2, -0.15) is 15.8 Å². The van der Waals surface area contributed by atoms with Crippen LogP contribution in [0.1, 0.15) is 41.5 Å². The van der Waals surface area contributed by atoms with E-state index in [4.69, 9.17) is 20.5 Å². The molecule has 0 saturated carbocycles. The van der Waals surface area contributed by atoms with Crippen LogP contribution < -0.4 is 0 Å². The van der Waals surface area contributed by atoms with E-state index in [0.717, 1.165) is 0 Å². The zero-order valence-electron chi connectivity index (χ0n) is 23.1. The summed E-state index contributed by atoms with van der Waals surface area (Å²) in [5, 5.41) is 22.0. The van der Waals surface area contributed by atoms with Crippen molar-refractivity contribution in [3.63, 3.8) is 0 Å². The maximum atomic E-state index is 12.0. The number of methoxy groups -OCH3 is 2. The van der Waals surface area contributed by atoms with Crippen LogP contribution in [-0.4, -0.2) is 41.1 Å². The number of esters is 2. The number of hydrogen-bond donors (Lipinski definition) is 0. The van der Waals surface area contributed by atoms with Crippen LogP contribution in [-0.2, 0) is 29.3 Å². The maximum Gasteiger partial charge on any atom is 4.00 e. The summed E-state index contributed by atoms with van der Waals surface area (Å²) >= 11 is 0. The van der Waals surface area contributed by atoms with E-state index in [-0.39, 0.29) is 19.8 Å². The number of carbonyl (C=O) groups excluding carboxylic acids is 2. The van der Waals surface area contributed by atoms with Crippen LogP contribution in [0, 0.1) is 34.0 Å². The number of carbonyl (C=O) groups is 2. The molecule has 0 aromatic carbocycles. The van der Waals surface area contributed by atoms with Crippen molar-refractivity contribution in [2.75, 3.05) is 14.2 Å². The van der Waals surface area contributed by atoms with Gasteiger partial charge in [-0.1, -0.05) is 6.07 Å². The predicted octanol–water partition coefficient (Wildman–Crippen LogP) is 7.75. The Hall–Kier alpha value is -4.49. The number of halogens is 6. The molecule has 0 unspecified atom stereocenters. The molecule has 0 N–H and O–H groups in total. The Morgan fingerprint density at radius 3 is 1.42 bits per heavy atom. The molecule has 0 amide bonds. The number of nitrogens with zero attached hydrogens (tertiary/aromatic N) is 6. The Kier molecular flexibility index (Phi) is 18.8. The molecule has 18 heteroatoms.